The van der Waals surface area contributed by atoms with Gasteiger partial charge in [0.15, 0.2) is 5.13 Å². The van der Waals surface area contributed by atoms with Gasteiger partial charge in [-0.2, -0.15) is 0 Å². The number of aryl methyl sites for hydroxylation is 3. The van der Waals surface area contributed by atoms with Gasteiger partial charge in [-0.15, -0.1) is 0 Å². The maximum atomic E-state index is 12.2. The van der Waals surface area contributed by atoms with Crippen molar-refractivity contribution in [2.75, 3.05) is 5.32 Å². The van der Waals surface area contributed by atoms with Crippen molar-refractivity contribution in [3.8, 4) is 0 Å². The smallest absolute Gasteiger partial charge is 0.230 e. The van der Waals surface area contributed by atoms with E-state index in [0.29, 0.717) is 10.9 Å². The number of nitrogens with one attached hydrogen (secondary N) is 1. The lowest BCUT2D eigenvalue weighted by Crippen LogP contribution is -2.14. The number of benzene rings is 1. The normalized spacial score (nSPS) is 11.0. The van der Waals surface area contributed by atoms with Crippen LogP contribution in [0.5, 0.6) is 0 Å². The SMILES string of the molecule is CCc1ccc2nc(NC(=O)Cc3c(C)noc3C)sc2c1. The van der Waals surface area contributed by atoms with E-state index in [9.17, 15) is 4.79 Å². The van der Waals surface area contributed by atoms with Gasteiger partial charge in [-0.25, -0.2) is 4.98 Å². The second kappa shape index (κ2) is 5.88. The van der Waals surface area contributed by atoms with Crippen molar-refractivity contribution in [1.29, 1.82) is 0 Å². The van der Waals surface area contributed by atoms with Crippen LogP contribution in [0.25, 0.3) is 10.2 Å². The van der Waals surface area contributed by atoms with Crippen LogP contribution in [0.15, 0.2) is 22.7 Å². The number of nitrogens with zero attached hydrogens (tertiary/aromatic N) is 2. The summed E-state index contributed by atoms with van der Waals surface area (Å²) in [6.07, 6.45) is 1.23. The van der Waals surface area contributed by atoms with Crippen LogP contribution in [-0.2, 0) is 17.6 Å². The van der Waals surface area contributed by atoms with Crippen LogP contribution in [0, 0.1) is 13.8 Å². The topological polar surface area (TPSA) is 68.0 Å². The van der Waals surface area contributed by atoms with Crippen LogP contribution in [0.3, 0.4) is 0 Å². The Bertz CT molecular complexity index is 816. The molecule has 1 amide bonds. The molecule has 0 bridgehead atoms. The zero-order valence-electron chi connectivity index (χ0n) is 12.8. The molecule has 0 saturated carbocycles. The lowest BCUT2D eigenvalue weighted by molar-refractivity contribution is -0.115. The van der Waals surface area contributed by atoms with Crippen LogP contribution in [0.4, 0.5) is 5.13 Å². The van der Waals surface area contributed by atoms with Gasteiger partial charge in [0.25, 0.3) is 0 Å². The largest absolute Gasteiger partial charge is 0.361 e. The molecule has 3 aromatic rings. The van der Waals surface area contributed by atoms with E-state index in [0.717, 1.165) is 27.9 Å². The monoisotopic (exact) mass is 315 g/mol. The second-order valence-corrected chi connectivity index (χ2v) is 6.23. The van der Waals surface area contributed by atoms with Crippen molar-refractivity contribution < 1.29 is 9.32 Å². The summed E-state index contributed by atoms with van der Waals surface area (Å²) in [5.74, 6) is 0.578. The number of hydrogen-bond acceptors (Lipinski definition) is 5. The maximum Gasteiger partial charge on any atom is 0.230 e. The second-order valence-electron chi connectivity index (χ2n) is 5.20. The van der Waals surface area contributed by atoms with Gasteiger partial charge in [-0.1, -0.05) is 29.5 Å². The van der Waals surface area contributed by atoms with Gasteiger partial charge in [-0.3, -0.25) is 4.79 Å². The molecule has 0 aliphatic heterocycles. The third-order valence-electron chi connectivity index (χ3n) is 3.63. The Morgan fingerprint density at radius 3 is 2.86 bits per heavy atom. The molecule has 0 atom stereocenters. The van der Waals surface area contributed by atoms with E-state index >= 15 is 0 Å². The molecule has 0 saturated heterocycles. The molecule has 114 valence electrons. The highest BCUT2D eigenvalue weighted by Gasteiger charge is 2.15. The first-order valence-corrected chi connectivity index (χ1v) is 7.99. The maximum absolute atomic E-state index is 12.2. The minimum Gasteiger partial charge on any atom is -0.361 e. The molecule has 0 spiro atoms. The van der Waals surface area contributed by atoms with Crippen molar-refractivity contribution in [3.63, 3.8) is 0 Å². The standard InChI is InChI=1S/C16H17N3O2S/c1-4-11-5-6-13-14(7-11)22-16(17-13)18-15(20)8-12-9(2)19-21-10(12)3/h5-7H,4,8H2,1-3H3,(H,17,18,20). The first kappa shape index (κ1) is 14.7. The highest BCUT2D eigenvalue weighted by Crippen LogP contribution is 2.27. The molecule has 5 nitrogen and oxygen atoms in total. The Kier molecular flexibility index (Phi) is 3.94. The number of anilines is 1. The van der Waals surface area contributed by atoms with Crippen LogP contribution >= 0.6 is 11.3 Å². The number of hydrogen-bond donors (Lipinski definition) is 1. The molecular weight excluding hydrogens is 298 g/mol. The van der Waals surface area contributed by atoms with E-state index < -0.39 is 0 Å². The molecule has 0 aliphatic carbocycles. The number of carbonyl (C=O) groups is 1. The van der Waals surface area contributed by atoms with Crippen molar-refractivity contribution in [3.05, 3.63) is 40.8 Å². The summed E-state index contributed by atoms with van der Waals surface area (Å²) in [6, 6.07) is 6.18. The quantitative estimate of drug-likeness (QED) is 0.798. The summed E-state index contributed by atoms with van der Waals surface area (Å²) in [5, 5.41) is 7.35. The van der Waals surface area contributed by atoms with E-state index in [1.807, 2.05) is 19.9 Å². The average molecular weight is 315 g/mol. The fraction of sp³-hybridized carbons (Fsp3) is 0.312. The summed E-state index contributed by atoms with van der Waals surface area (Å²) in [7, 11) is 0. The summed E-state index contributed by atoms with van der Waals surface area (Å²) in [5.41, 5.74) is 3.77. The summed E-state index contributed by atoms with van der Waals surface area (Å²) in [6.45, 7) is 5.77. The molecule has 22 heavy (non-hydrogen) atoms. The number of thiazole rings is 1. The van der Waals surface area contributed by atoms with Gasteiger partial charge >= 0.3 is 0 Å². The lowest BCUT2D eigenvalue weighted by atomic mass is 10.1. The first-order chi connectivity index (χ1) is 10.6. The minimum absolute atomic E-state index is 0.107. The van der Waals surface area contributed by atoms with E-state index in [1.165, 1.54) is 16.9 Å². The molecule has 0 fully saturated rings. The van der Waals surface area contributed by atoms with Crippen LogP contribution < -0.4 is 5.32 Å². The molecule has 0 aliphatic rings. The van der Waals surface area contributed by atoms with Gasteiger partial charge in [0.05, 0.1) is 22.3 Å². The third-order valence-corrected chi connectivity index (χ3v) is 4.56. The molecule has 3 rings (SSSR count). The zero-order chi connectivity index (χ0) is 15.7. The Hall–Kier alpha value is -2.21. The number of rotatable bonds is 4. The van der Waals surface area contributed by atoms with Crippen LogP contribution in [0.2, 0.25) is 0 Å². The highest BCUT2D eigenvalue weighted by atomic mass is 32.1. The Balaban J connectivity index is 1.76. The lowest BCUT2D eigenvalue weighted by Gasteiger charge is -2.00. The first-order valence-electron chi connectivity index (χ1n) is 7.18. The summed E-state index contributed by atoms with van der Waals surface area (Å²) < 4.78 is 6.17. The molecule has 0 unspecified atom stereocenters. The number of fused-ring (bicyclic) bond motifs is 1. The van der Waals surface area contributed by atoms with Crippen LogP contribution in [0.1, 0.15) is 29.5 Å². The Labute approximate surface area is 132 Å². The number of carbonyl (C=O) groups excluding carboxylic acids is 1. The molecule has 2 aromatic heterocycles. The molecule has 1 N–H and O–H groups in total. The predicted molar refractivity (Wildman–Crippen MR) is 87.3 cm³/mol. The number of amides is 1. The van der Waals surface area contributed by atoms with Crippen LogP contribution in [-0.4, -0.2) is 16.0 Å². The zero-order valence-corrected chi connectivity index (χ0v) is 13.6. The molecule has 1 aromatic carbocycles. The van der Waals surface area contributed by atoms with Crippen molar-refractivity contribution in [2.24, 2.45) is 0 Å². The fourth-order valence-electron chi connectivity index (χ4n) is 2.32. The molecule has 6 heteroatoms. The third kappa shape index (κ3) is 2.87. The minimum atomic E-state index is -0.107. The van der Waals surface area contributed by atoms with Gasteiger partial charge in [0, 0.05) is 5.56 Å². The van der Waals surface area contributed by atoms with E-state index in [4.69, 9.17) is 4.52 Å². The molecular formula is C16H17N3O2S. The van der Waals surface area contributed by atoms with E-state index in [1.54, 1.807) is 0 Å². The average Bonchev–Trinajstić information content (AvgIpc) is 3.03. The van der Waals surface area contributed by atoms with Gasteiger partial charge in [0.2, 0.25) is 5.91 Å². The van der Waals surface area contributed by atoms with Crippen molar-refractivity contribution in [2.45, 2.75) is 33.6 Å². The molecule has 2 heterocycles. The van der Waals surface area contributed by atoms with Crippen molar-refractivity contribution >= 4 is 32.6 Å². The fourth-order valence-corrected chi connectivity index (χ4v) is 3.27. The van der Waals surface area contributed by atoms with E-state index in [-0.39, 0.29) is 12.3 Å². The predicted octanol–water partition coefficient (Wildman–Crippen LogP) is 3.64. The van der Waals surface area contributed by atoms with Gasteiger partial charge in [0.1, 0.15) is 5.76 Å². The van der Waals surface area contributed by atoms with Gasteiger partial charge in [-0.05, 0) is 38.0 Å². The summed E-state index contributed by atoms with van der Waals surface area (Å²) in [4.78, 5) is 16.6. The Morgan fingerprint density at radius 1 is 1.36 bits per heavy atom. The highest BCUT2D eigenvalue weighted by molar-refractivity contribution is 7.22. The van der Waals surface area contributed by atoms with Crippen molar-refractivity contribution in [1.82, 2.24) is 10.1 Å². The number of aromatic nitrogens is 2. The molecule has 0 radical (unpaired) electrons. The Morgan fingerprint density at radius 2 is 2.18 bits per heavy atom. The van der Waals surface area contributed by atoms with Gasteiger partial charge < -0.3 is 9.84 Å². The summed E-state index contributed by atoms with van der Waals surface area (Å²) >= 11 is 1.49. The van der Waals surface area contributed by atoms with E-state index in [2.05, 4.69) is 34.5 Å².